The Morgan fingerprint density at radius 3 is 2.38 bits per heavy atom. The van der Waals surface area contributed by atoms with Crippen molar-refractivity contribution in [3.05, 3.63) is 29.3 Å². The molecule has 0 amide bonds. The van der Waals surface area contributed by atoms with E-state index in [4.69, 9.17) is 0 Å². The summed E-state index contributed by atoms with van der Waals surface area (Å²) < 4.78 is 39.4. The predicted octanol–water partition coefficient (Wildman–Crippen LogP) is 2.60. The van der Waals surface area contributed by atoms with Crippen molar-refractivity contribution >= 4 is 12.1 Å². The molecule has 0 spiro atoms. The number of carbonyl (C=O) groups excluding carboxylic acids is 2. The number of aldehydes is 1. The van der Waals surface area contributed by atoms with Gasteiger partial charge >= 0.3 is 6.36 Å². The molecule has 0 aliphatic rings. The van der Waals surface area contributed by atoms with Gasteiger partial charge in [-0.25, -0.2) is 0 Å². The Kier molecular flexibility index (Phi) is 3.31. The van der Waals surface area contributed by atoms with Gasteiger partial charge < -0.3 is 4.74 Å². The van der Waals surface area contributed by atoms with Gasteiger partial charge in [-0.3, -0.25) is 9.59 Å². The van der Waals surface area contributed by atoms with E-state index in [1.165, 1.54) is 13.0 Å². The molecule has 16 heavy (non-hydrogen) atoms. The number of hydrogen-bond donors (Lipinski definition) is 0. The average molecular weight is 232 g/mol. The van der Waals surface area contributed by atoms with Crippen LogP contribution in [0.3, 0.4) is 0 Å². The molecule has 0 aliphatic heterocycles. The van der Waals surface area contributed by atoms with Crippen LogP contribution in [0.5, 0.6) is 5.75 Å². The van der Waals surface area contributed by atoms with Gasteiger partial charge in [-0.15, -0.1) is 13.2 Å². The van der Waals surface area contributed by atoms with Crippen molar-refractivity contribution in [3.63, 3.8) is 0 Å². The third-order valence-corrected chi connectivity index (χ3v) is 1.71. The molecule has 0 atom stereocenters. The number of ether oxygens (including phenoxy) is 1. The number of Topliss-reactive ketones (excluding diaryl/α,β-unsaturated/α-hetero) is 1. The zero-order valence-electron chi connectivity index (χ0n) is 8.17. The normalized spacial score (nSPS) is 11.0. The highest BCUT2D eigenvalue weighted by Crippen LogP contribution is 2.24. The minimum atomic E-state index is -4.85. The van der Waals surface area contributed by atoms with Crippen LogP contribution < -0.4 is 4.74 Å². The number of ketones is 1. The van der Waals surface area contributed by atoms with Crippen molar-refractivity contribution in [2.24, 2.45) is 0 Å². The largest absolute Gasteiger partial charge is 0.573 e. The van der Waals surface area contributed by atoms with Crippen LogP contribution in [0.2, 0.25) is 0 Å². The highest BCUT2D eigenvalue weighted by molar-refractivity contribution is 5.96. The molecular weight excluding hydrogens is 225 g/mol. The lowest BCUT2D eigenvalue weighted by atomic mass is 10.1. The van der Waals surface area contributed by atoms with Crippen molar-refractivity contribution in [1.82, 2.24) is 0 Å². The van der Waals surface area contributed by atoms with Crippen LogP contribution >= 0.6 is 0 Å². The Bertz CT molecular complexity index is 424. The van der Waals surface area contributed by atoms with E-state index < -0.39 is 17.9 Å². The van der Waals surface area contributed by atoms with Crippen molar-refractivity contribution in [2.75, 3.05) is 0 Å². The molecule has 0 saturated heterocycles. The maximum atomic E-state index is 11.9. The van der Waals surface area contributed by atoms with E-state index in [1.807, 2.05) is 0 Å². The summed E-state index contributed by atoms with van der Waals surface area (Å²) in [4.78, 5) is 21.4. The highest BCUT2D eigenvalue weighted by atomic mass is 19.4. The molecule has 0 unspecified atom stereocenters. The van der Waals surface area contributed by atoms with Crippen molar-refractivity contribution < 1.29 is 27.5 Å². The number of carbonyl (C=O) groups is 2. The molecule has 3 nitrogen and oxygen atoms in total. The molecule has 0 heterocycles. The Hall–Kier alpha value is -1.85. The van der Waals surface area contributed by atoms with Gasteiger partial charge in [-0.05, 0) is 25.1 Å². The molecule has 0 aliphatic carbocycles. The van der Waals surface area contributed by atoms with E-state index in [2.05, 4.69) is 4.74 Å². The fourth-order valence-electron chi connectivity index (χ4n) is 1.09. The van der Waals surface area contributed by atoms with Crippen LogP contribution in [0.1, 0.15) is 27.6 Å². The fourth-order valence-corrected chi connectivity index (χ4v) is 1.09. The van der Waals surface area contributed by atoms with Gasteiger partial charge in [0, 0.05) is 11.1 Å². The summed E-state index contributed by atoms with van der Waals surface area (Å²) in [7, 11) is 0. The summed E-state index contributed by atoms with van der Waals surface area (Å²) in [6.45, 7) is 1.18. The second-order valence-electron chi connectivity index (χ2n) is 3.01. The first-order chi connectivity index (χ1) is 7.31. The van der Waals surface area contributed by atoms with Crippen molar-refractivity contribution in [2.45, 2.75) is 13.3 Å². The van der Waals surface area contributed by atoms with Crippen LogP contribution in [0.25, 0.3) is 0 Å². The van der Waals surface area contributed by atoms with E-state index in [0.29, 0.717) is 6.29 Å². The van der Waals surface area contributed by atoms with Gasteiger partial charge in [0.2, 0.25) is 0 Å². The zero-order valence-corrected chi connectivity index (χ0v) is 8.17. The third kappa shape index (κ3) is 3.38. The Labute approximate surface area is 88.8 Å². The maximum absolute atomic E-state index is 11.9. The van der Waals surface area contributed by atoms with Gasteiger partial charge in [-0.2, -0.15) is 0 Å². The zero-order chi connectivity index (χ0) is 12.3. The summed E-state index contributed by atoms with van der Waals surface area (Å²) in [5, 5.41) is 0. The van der Waals surface area contributed by atoms with E-state index in [0.717, 1.165) is 12.1 Å². The SMILES string of the molecule is CC(=O)c1cc(C=O)cc(OC(F)(F)F)c1. The summed E-state index contributed by atoms with van der Waals surface area (Å²) in [5.74, 6) is -1.03. The van der Waals surface area contributed by atoms with Crippen LogP contribution in [-0.2, 0) is 0 Å². The fraction of sp³-hybridized carbons (Fsp3) is 0.200. The lowest BCUT2D eigenvalue weighted by molar-refractivity contribution is -0.274. The van der Waals surface area contributed by atoms with Crippen LogP contribution in [0.15, 0.2) is 18.2 Å². The first-order valence-electron chi connectivity index (χ1n) is 4.19. The maximum Gasteiger partial charge on any atom is 0.573 e. The second-order valence-corrected chi connectivity index (χ2v) is 3.01. The van der Waals surface area contributed by atoms with E-state index >= 15 is 0 Å². The molecule has 0 saturated carbocycles. The molecule has 0 N–H and O–H groups in total. The Balaban J connectivity index is 3.14. The summed E-state index contributed by atoms with van der Waals surface area (Å²) in [6.07, 6.45) is -4.51. The first-order valence-corrected chi connectivity index (χ1v) is 4.19. The molecule has 0 fully saturated rings. The number of hydrogen-bond acceptors (Lipinski definition) is 3. The molecule has 0 bridgehead atoms. The van der Waals surface area contributed by atoms with Gasteiger partial charge in [0.25, 0.3) is 0 Å². The predicted molar refractivity (Wildman–Crippen MR) is 48.5 cm³/mol. The monoisotopic (exact) mass is 232 g/mol. The molecule has 0 aromatic heterocycles. The van der Waals surface area contributed by atoms with Gasteiger partial charge in [0.05, 0.1) is 0 Å². The van der Waals surface area contributed by atoms with Gasteiger partial charge in [-0.1, -0.05) is 0 Å². The van der Waals surface area contributed by atoms with Crippen LogP contribution in [0.4, 0.5) is 13.2 Å². The highest BCUT2D eigenvalue weighted by Gasteiger charge is 2.31. The molecule has 1 aromatic carbocycles. The Morgan fingerprint density at radius 2 is 1.94 bits per heavy atom. The minimum absolute atomic E-state index is 0.0103. The molecule has 86 valence electrons. The van der Waals surface area contributed by atoms with Crippen molar-refractivity contribution in [1.29, 1.82) is 0 Å². The third-order valence-electron chi connectivity index (χ3n) is 1.71. The smallest absolute Gasteiger partial charge is 0.406 e. The summed E-state index contributed by atoms with van der Waals surface area (Å²) in [6, 6.07) is 3.04. The lowest BCUT2D eigenvalue weighted by Gasteiger charge is -2.10. The average Bonchev–Trinajstić information content (AvgIpc) is 2.14. The molecular formula is C10H7F3O3. The topological polar surface area (TPSA) is 43.4 Å². The van der Waals surface area contributed by atoms with Gasteiger partial charge in [0.15, 0.2) is 5.78 Å². The lowest BCUT2D eigenvalue weighted by Crippen LogP contribution is -2.17. The summed E-state index contributed by atoms with van der Waals surface area (Å²) in [5.41, 5.74) is -0.0594. The van der Waals surface area contributed by atoms with E-state index in [1.54, 1.807) is 0 Å². The molecule has 6 heteroatoms. The van der Waals surface area contributed by atoms with E-state index in [9.17, 15) is 22.8 Å². The molecule has 1 rings (SSSR count). The number of benzene rings is 1. The van der Waals surface area contributed by atoms with Crippen LogP contribution in [0, 0.1) is 0 Å². The van der Waals surface area contributed by atoms with Crippen molar-refractivity contribution in [3.8, 4) is 5.75 Å². The van der Waals surface area contributed by atoms with Gasteiger partial charge in [0.1, 0.15) is 12.0 Å². The van der Waals surface area contributed by atoms with E-state index in [-0.39, 0.29) is 11.1 Å². The quantitative estimate of drug-likeness (QED) is 0.594. The minimum Gasteiger partial charge on any atom is -0.406 e. The molecule has 1 aromatic rings. The Morgan fingerprint density at radius 1 is 1.31 bits per heavy atom. The first kappa shape index (κ1) is 12.2. The number of rotatable bonds is 3. The van der Waals surface area contributed by atoms with Crippen LogP contribution in [-0.4, -0.2) is 18.4 Å². The number of halogens is 3. The second kappa shape index (κ2) is 4.34. The standard InChI is InChI=1S/C10H7F3O3/c1-6(15)8-2-7(5-14)3-9(4-8)16-10(11,12)13/h2-5H,1H3. The molecule has 0 radical (unpaired) electrons. The number of alkyl halides is 3. The summed E-state index contributed by atoms with van der Waals surface area (Å²) >= 11 is 0.